The number of imide groups is 1. The van der Waals surface area contributed by atoms with Crippen molar-refractivity contribution in [2.24, 2.45) is 0 Å². The molecule has 0 atom stereocenters. The molecule has 0 aromatic heterocycles. The maximum absolute atomic E-state index is 13.0. The topological polar surface area (TPSA) is 49.9 Å². The van der Waals surface area contributed by atoms with Gasteiger partial charge < -0.3 is 4.74 Å². The molecule has 5 nitrogen and oxygen atoms in total. The van der Waals surface area contributed by atoms with Crippen molar-refractivity contribution in [1.82, 2.24) is 9.80 Å². The maximum atomic E-state index is 13.0. The van der Waals surface area contributed by atoms with Gasteiger partial charge in [-0.25, -0.2) is 0 Å². The average molecular weight is 421 g/mol. The first-order valence-corrected chi connectivity index (χ1v) is 11.4. The Hall–Kier alpha value is -2.66. The third kappa shape index (κ3) is 4.24. The fraction of sp³-hybridized carbons (Fsp3) is 0.462. The van der Waals surface area contributed by atoms with Gasteiger partial charge in [0.15, 0.2) is 0 Å². The zero-order valence-corrected chi connectivity index (χ0v) is 18.8. The van der Waals surface area contributed by atoms with E-state index < -0.39 is 0 Å². The van der Waals surface area contributed by atoms with Crippen LogP contribution in [0.4, 0.5) is 0 Å². The summed E-state index contributed by atoms with van der Waals surface area (Å²) in [6.45, 7) is 7.04. The van der Waals surface area contributed by atoms with Crippen LogP contribution >= 0.6 is 0 Å². The number of methoxy groups -OCH3 is 1. The summed E-state index contributed by atoms with van der Waals surface area (Å²) in [6.07, 6.45) is 4.86. The largest absolute Gasteiger partial charge is 0.497 e. The number of carbonyl (C=O) groups excluding carboxylic acids is 2. The van der Waals surface area contributed by atoms with Crippen LogP contribution in [0.2, 0.25) is 0 Å². The summed E-state index contributed by atoms with van der Waals surface area (Å²) in [5.74, 6) is 0.492. The Morgan fingerprint density at radius 2 is 1.48 bits per heavy atom. The number of benzene rings is 2. The van der Waals surface area contributed by atoms with Crippen LogP contribution in [0, 0.1) is 0 Å². The molecule has 0 unspecified atom stereocenters. The van der Waals surface area contributed by atoms with Gasteiger partial charge in [0, 0.05) is 12.6 Å². The molecular formula is C26H32N2O3. The minimum Gasteiger partial charge on any atom is -0.497 e. The van der Waals surface area contributed by atoms with Crippen LogP contribution in [0.3, 0.4) is 0 Å². The Morgan fingerprint density at radius 1 is 0.935 bits per heavy atom. The molecule has 0 radical (unpaired) electrons. The molecule has 31 heavy (non-hydrogen) atoms. The second-order valence-electron chi connectivity index (χ2n) is 8.62. The Morgan fingerprint density at radius 3 is 1.97 bits per heavy atom. The zero-order valence-electron chi connectivity index (χ0n) is 18.8. The first-order valence-electron chi connectivity index (χ1n) is 11.4. The molecule has 4 rings (SSSR count). The van der Waals surface area contributed by atoms with Gasteiger partial charge in [0.1, 0.15) is 5.75 Å². The lowest BCUT2D eigenvalue weighted by Crippen LogP contribution is -2.37. The molecule has 0 bridgehead atoms. The van der Waals surface area contributed by atoms with E-state index in [1.807, 2.05) is 36.4 Å². The van der Waals surface area contributed by atoms with Gasteiger partial charge in [-0.05, 0) is 86.1 Å². The molecule has 2 aromatic carbocycles. The smallest absolute Gasteiger partial charge is 0.261 e. The summed E-state index contributed by atoms with van der Waals surface area (Å²) in [7, 11) is 1.64. The van der Waals surface area contributed by atoms with Gasteiger partial charge >= 0.3 is 0 Å². The average Bonchev–Trinajstić information content (AvgIpc) is 3.30. The molecule has 2 aliphatic rings. The number of hydrogen-bond acceptors (Lipinski definition) is 4. The third-order valence-corrected chi connectivity index (χ3v) is 6.52. The van der Waals surface area contributed by atoms with Crippen molar-refractivity contribution in [1.29, 1.82) is 0 Å². The van der Waals surface area contributed by atoms with E-state index in [2.05, 4.69) is 18.7 Å². The van der Waals surface area contributed by atoms with Crippen molar-refractivity contribution in [3.63, 3.8) is 0 Å². The number of carbonyl (C=O) groups is 2. The first kappa shape index (κ1) is 21.6. The van der Waals surface area contributed by atoms with E-state index >= 15 is 0 Å². The molecule has 2 aromatic rings. The van der Waals surface area contributed by atoms with E-state index in [4.69, 9.17) is 4.74 Å². The molecule has 0 saturated carbocycles. The Labute approximate surface area is 185 Å². The summed E-state index contributed by atoms with van der Waals surface area (Å²) in [5.41, 5.74) is 4.71. The normalized spacial score (nSPS) is 15.7. The van der Waals surface area contributed by atoms with Gasteiger partial charge in [-0.15, -0.1) is 0 Å². The highest BCUT2D eigenvalue weighted by atomic mass is 16.5. The second-order valence-corrected chi connectivity index (χ2v) is 8.62. The molecule has 2 amide bonds. The summed E-state index contributed by atoms with van der Waals surface area (Å²) in [6, 6.07) is 12.2. The number of amides is 2. The molecule has 0 fully saturated rings. The highest BCUT2D eigenvalue weighted by molar-refractivity contribution is 6.21. The number of fused-ring (bicyclic) bond motifs is 2. The van der Waals surface area contributed by atoms with Crippen LogP contribution in [0.1, 0.15) is 64.1 Å². The van der Waals surface area contributed by atoms with Crippen LogP contribution in [0.25, 0.3) is 0 Å². The molecular weight excluding hydrogens is 388 g/mol. The fourth-order valence-electron chi connectivity index (χ4n) is 4.93. The highest BCUT2D eigenvalue weighted by Gasteiger charge is 2.38. The van der Waals surface area contributed by atoms with E-state index in [1.165, 1.54) is 16.0 Å². The van der Waals surface area contributed by atoms with Crippen LogP contribution < -0.4 is 4.74 Å². The number of ether oxygens (including phenoxy) is 1. The van der Waals surface area contributed by atoms with Crippen molar-refractivity contribution in [2.75, 3.05) is 26.7 Å². The number of nitrogens with zero attached hydrogens (tertiary/aromatic N) is 2. The van der Waals surface area contributed by atoms with Crippen molar-refractivity contribution in [3.05, 3.63) is 64.2 Å². The fourth-order valence-corrected chi connectivity index (χ4v) is 4.93. The van der Waals surface area contributed by atoms with E-state index in [9.17, 15) is 9.59 Å². The molecule has 1 heterocycles. The monoisotopic (exact) mass is 420 g/mol. The van der Waals surface area contributed by atoms with E-state index in [-0.39, 0.29) is 11.8 Å². The van der Waals surface area contributed by atoms with Crippen molar-refractivity contribution < 1.29 is 14.3 Å². The summed E-state index contributed by atoms with van der Waals surface area (Å²) in [4.78, 5) is 30.0. The lowest BCUT2D eigenvalue weighted by molar-refractivity contribution is 0.0656. The van der Waals surface area contributed by atoms with Gasteiger partial charge in [0.05, 0.1) is 18.2 Å². The molecule has 1 aliphatic heterocycles. The predicted molar refractivity (Wildman–Crippen MR) is 122 cm³/mol. The molecule has 1 aliphatic carbocycles. The summed E-state index contributed by atoms with van der Waals surface area (Å²) >= 11 is 0. The highest BCUT2D eigenvalue weighted by Crippen LogP contribution is 2.33. The van der Waals surface area contributed by atoms with E-state index in [0.29, 0.717) is 30.1 Å². The van der Waals surface area contributed by atoms with Gasteiger partial charge in [-0.3, -0.25) is 19.4 Å². The van der Waals surface area contributed by atoms with Crippen LogP contribution in [0.15, 0.2) is 36.4 Å². The van der Waals surface area contributed by atoms with E-state index in [1.54, 1.807) is 7.11 Å². The van der Waals surface area contributed by atoms with Crippen molar-refractivity contribution in [3.8, 4) is 5.75 Å². The zero-order chi connectivity index (χ0) is 22.0. The summed E-state index contributed by atoms with van der Waals surface area (Å²) < 4.78 is 5.19. The molecule has 0 N–H and O–H groups in total. The quantitative estimate of drug-likeness (QED) is 0.573. The maximum Gasteiger partial charge on any atom is 0.261 e. The first-order chi connectivity index (χ1) is 15.0. The summed E-state index contributed by atoms with van der Waals surface area (Å²) in [5, 5.41) is 0. The Kier molecular flexibility index (Phi) is 6.42. The van der Waals surface area contributed by atoms with Crippen molar-refractivity contribution in [2.45, 2.75) is 52.0 Å². The van der Waals surface area contributed by atoms with Crippen molar-refractivity contribution >= 4 is 11.8 Å². The van der Waals surface area contributed by atoms with Crippen LogP contribution in [-0.4, -0.2) is 54.4 Å². The SMILES string of the molecule is CCCN(CCC)C1Cc2cc3c(cc2C1)C(=O)N(CCc1ccc(OC)cc1)C3=O. The Bertz CT molecular complexity index is 916. The van der Waals surface area contributed by atoms with E-state index in [0.717, 1.165) is 50.1 Å². The molecule has 5 heteroatoms. The van der Waals surface area contributed by atoms with Crippen LogP contribution in [-0.2, 0) is 19.3 Å². The lowest BCUT2D eigenvalue weighted by atomic mass is 10.0. The predicted octanol–water partition coefficient (Wildman–Crippen LogP) is 4.12. The molecule has 0 spiro atoms. The second kappa shape index (κ2) is 9.23. The number of hydrogen-bond donors (Lipinski definition) is 0. The van der Waals surface area contributed by atoms with Gasteiger partial charge in [-0.1, -0.05) is 26.0 Å². The minimum atomic E-state index is -0.154. The third-order valence-electron chi connectivity index (χ3n) is 6.52. The van der Waals surface area contributed by atoms with Crippen LogP contribution in [0.5, 0.6) is 5.75 Å². The van der Waals surface area contributed by atoms with Gasteiger partial charge in [0.2, 0.25) is 0 Å². The Balaban J connectivity index is 1.47. The van der Waals surface area contributed by atoms with Gasteiger partial charge in [-0.2, -0.15) is 0 Å². The minimum absolute atomic E-state index is 0.154. The molecule has 164 valence electrons. The standard InChI is InChI=1S/C26H32N2O3/c1-4-11-27(12-5-2)21-14-19-16-23-24(17-20(19)15-21)26(30)28(25(23)29)13-10-18-6-8-22(31-3)9-7-18/h6-9,16-17,21H,4-5,10-15H2,1-3H3. The number of rotatable bonds is 9. The van der Waals surface area contributed by atoms with Gasteiger partial charge in [0.25, 0.3) is 11.8 Å². The molecule has 0 saturated heterocycles. The lowest BCUT2D eigenvalue weighted by Gasteiger charge is -2.27.